The predicted octanol–water partition coefficient (Wildman–Crippen LogP) is 12.6. The Morgan fingerprint density at radius 2 is 0.833 bits per heavy atom. The summed E-state index contributed by atoms with van der Waals surface area (Å²) in [5.74, 6) is 0. The lowest BCUT2D eigenvalue weighted by Gasteiger charge is -2.15. The Hall–Kier alpha value is -2.48. The van der Waals surface area contributed by atoms with Gasteiger partial charge in [0.15, 0.2) is 0 Å². The van der Waals surface area contributed by atoms with Crippen molar-refractivity contribution in [2.75, 3.05) is 0 Å². The zero-order chi connectivity index (χ0) is 30.2. The molecule has 42 heavy (non-hydrogen) atoms. The molecule has 0 unspecified atom stereocenters. The van der Waals surface area contributed by atoms with Crippen molar-refractivity contribution in [1.82, 2.24) is 0 Å². The minimum atomic E-state index is 0.953. The van der Waals surface area contributed by atoms with Gasteiger partial charge in [0.05, 0.1) is 0 Å². The van der Waals surface area contributed by atoms with Crippen molar-refractivity contribution in [3.63, 3.8) is 0 Å². The maximum atomic E-state index is 12.0. The molecule has 0 fully saturated rings. The van der Waals surface area contributed by atoms with Gasteiger partial charge >= 0.3 is 0 Å². The Balaban J connectivity index is 2.01. The van der Waals surface area contributed by atoms with Crippen molar-refractivity contribution in [1.29, 1.82) is 0 Å². The second kappa shape index (κ2) is 18.9. The Morgan fingerprint density at radius 3 is 1.21 bits per heavy atom. The van der Waals surface area contributed by atoms with Gasteiger partial charge in [-0.15, -0.1) is 0 Å². The summed E-state index contributed by atoms with van der Waals surface area (Å²) < 4.78 is 1.55. The summed E-state index contributed by atoms with van der Waals surface area (Å²) >= 11 is 0. The van der Waals surface area contributed by atoms with E-state index in [-0.39, 0.29) is 0 Å². The highest BCUT2D eigenvalue weighted by Crippen LogP contribution is 2.39. The molecule has 3 rings (SSSR count). The van der Waals surface area contributed by atoms with E-state index in [1.54, 1.807) is 4.70 Å². The molecule has 0 atom stereocenters. The highest BCUT2D eigenvalue weighted by atomic mass is 15.2. The normalized spacial score (nSPS) is 13.4. The van der Waals surface area contributed by atoms with Crippen molar-refractivity contribution in [3.8, 4) is 0 Å². The first-order valence-electron chi connectivity index (χ1n) is 17.7. The summed E-state index contributed by atoms with van der Waals surface area (Å²) in [6.45, 7) is 11.4. The molecule has 0 amide bonds. The smallest absolute Gasteiger partial charge is 0.210 e. The van der Waals surface area contributed by atoms with Crippen LogP contribution in [0.5, 0.6) is 0 Å². The fourth-order valence-corrected chi connectivity index (χ4v) is 6.33. The lowest BCUT2D eigenvalue weighted by atomic mass is 9.95. The van der Waals surface area contributed by atoms with Crippen molar-refractivity contribution in [3.05, 3.63) is 87.0 Å². The Morgan fingerprint density at radius 1 is 0.452 bits per heavy atom. The summed E-state index contributed by atoms with van der Waals surface area (Å²) in [7, 11) is 0. The molecule has 0 spiro atoms. The van der Waals surface area contributed by atoms with Gasteiger partial charge in [-0.1, -0.05) is 105 Å². The van der Waals surface area contributed by atoms with Crippen molar-refractivity contribution in [2.45, 2.75) is 157 Å². The Labute approximate surface area is 259 Å². The quantitative estimate of drug-likeness (QED) is 0.106. The highest BCUT2D eigenvalue weighted by Gasteiger charge is 2.29. The summed E-state index contributed by atoms with van der Waals surface area (Å²) in [5.41, 5.74) is 23.2. The van der Waals surface area contributed by atoms with Crippen LogP contribution in [0.3, 0.4) is 0 Å². The molecule has 0 saturated heterocycles. The van der Waals surface area contributed by atoms with Crippen LogP contribution < -0.4 is 0 Å². The van der Waals surface area contributed by atoms with Gasteiger partial charge in [-0.2, -0.15) is 0 Å². The first-order valence-corrected chi connectivity index (χ1v) is 17.7. The second-order valence-corrected chi connectivity index (χ2v) is 12.7. The highest BCUT2D eigenvalue weighted by molar-refractivity contribution is 5.79. The molecule has 0 saturated carbocycles. The van der Waals surface area contributed by atoms with Gasteiger partial charge in [0, 0.05) is 22.8 Å². The molecule has 1 aliphatic heterocycles. The molecule has 0 N–H and O–H groups in total. The zero-order valence-electron chi connectivity index (χ0n) is 27.9. The van der Waals surface area contributed by atoms with Crippen molar-refractivity contribution in [2.24, 2.45) is 0 Å². The van der Waals surface area contributed by atoms with Crippen LogP contribution in [0, 0.1) is 0 Å². The molecule has 0 aliphatic carbocycles. The third-order valence-electron chi connectivity index (χ3n) is 8.81. The number of unbranched alkanes of at least 4 members (excludes halogenated alkanes) is 9. The minimum absolute atomic E-state index is 0.953. The van der Waals surface area contributed by atoms with E-state index in [1.807, 2.05) is 0 Å². The van der Waals surface area contributed by atoms with Gasteiger partial charge in [-0.05, 0) is 111 Å². The number of nitrogens with zero attached hydrogens (tertiary/aromatic N) is 2. The maximum Gasteiger partial charge on any atom is 0.210 e. The van der Waals surface area contributed by atoms with Crippen LogP contribution in [0.25, 0.3) is 16.9 Å². The first-order chi connectivity index (χ1) is 20.5. The van der Waals surface area contributed by atoms with E-state index in [9.17, 15) is 5.53 Å². The van der Waals surface area contributed by atoms with Crippen LogP contribution in [0.1, 0.15) is 164 Å². The van der Waals surface area contributed by atoms with Crippen LogP contribution in [-0.4, -0.2) is 4.70 Å². The molecule has 2 aromatic rings. The van der Waals surface area contributed by atoms with E-state index in [2.05, 4.69) is 77.1 Å². The van der Waals surface area contributed by atoms with E-state index in [0.29, 0.717) is 0 Å². The summed E-state index contributed by atoms with van der Waals surface area (Å²) in [4.78, 5) is 0. The lowest BCUT2D eigenvalue weighted by Crippen LogP contribution is -2.05. The van der Waals surface area contributed by atoms with Crippen molar-refractivity contribution < 1.29 is 4.70 Å². The van der Waals surface area contributed by atoms with Crippen LogP contribution in [0.15, 0.2) is 48.0 Å². The summed E-state index contributed by atoms with van der Waals surface area (Å²) in [6, 6.07) is 14.3. The number of aryl methyl sites for hydroxylation is 4. The third kappa shape index (κ3) is 10.4. The van der Waals surface area contributed by atoms with Gasteiger partial charge in [-0.3, -0.25) is 0 Å². The topological polar surface area (TPSA) is 25.3 Å². The minimum Gasteiger partial charge on any atom is -0.493 e. The number of hydrogen-bond donors (Lipinski definition) is 0. The molecule has 230 valence electrons. The maximum absolute atomic E-state index is 12.0. The van der Waals surface area contributed by atoms with Crippen LogP contribution in [0.4, 0.5) is 0 Å². The molecular formula is C40H60N2. The third-order valence-corrected chi connectivity index (χ3v) is 8.81. The fraction of sp³-hybridized carbons (Fsp3) is 0.600. The lowest BCUT2D eigenvalue weighted by molar-refractivity contribution is -0.344. The number of rotatable bonds is 21. The molecule has 0 aromatic heterocycles. The van der Waals surface area contributed by atoms with Gasteiger partial charge < -0.3 is 5.53 Å². The molecule has 1 aliphatic rings. The summed E-state index contributed by atoms with van der Waals surface area (Å²) in [5, 5.41) is 0. The van der Waals surface area contributed by atoms with Crippen molar-refractivity contribution >= 4 is 11.4 Å². The van der Waals surface area contributed by atoms with Crippen LogP contribution in [-0.2, 0) is 25.7 Å². The van der Waals surface area contributed by atoms with E-state index in [4.69, 9.17) is 0 Å². The molecule has 2 heteroatoms. The fourth-order valence-electron chi connectivity index (χ4n) is 6.33. The predicted molar refractivity (Wildman–Crippen MR) is 184 cm³/mol. The van der Waals surface area contributed by atoms with E-state index in [0.717, 1.165) is 56.3 Å². The average Bonchev–Trinajstić information content (AvgIpc) is 3.32. The van der Waals surface area contributed by atoms with Crippen LogP contribution in [0.2, 0.25) is 0 Å². The van der Waals surface area contributed by atoms with E-state index in [1.165, 1.54) is 116 Å². The first kappa shape index (κ1) is 34.0. The number of benzene rings is 2. The van der Waals surface area contributed by atoms with Gasteiger partial charge in [0.2, 0.25) is 11.4 Å². The van der Waals surface area contributed by atoms with Gasteiger partial charge in [0.1, 0.15) is 0 Å². The Bertz CT molecular complexity index is 1130. The number of hydrogen-bond acceptors (Lipinski definition) is 0. The summed E-state index contributed by atoms with van der Waals surface area (Å²) in [6.07, 6.45) is 25.0. The van der Waals surface area contributed by atoms with Gasteiger partial charge in [0.25, 0.3) is 0 Å². The SMILES string of the molecule is CCCCCc1cc(CCCCC)cc(C2=CC(CCCC)=C(c3cc(CCCCC)cc(CCCCC)c3)[N+]2=[N-])c1. The Kier molecular flexibility index (Phi) is 15.3. The molecule has 2 aromatic carbocycles. The largest absolute Gasteiger partial charge is 0.493 e. The molecule has 0 bridgehead atoms. The molecule has 2 nitrogen and oxygen atoms in total. The van der Waals surface area contributed by atoms with Gasteiger partial charge in [-0.25, -0.2) is 4.70 Å². The average molecular weight is 569 g/mol. The number of allylic oxidation sites excluding steroid dienone is 2. The van der Waals surface area contributed by atoms with E-state index >= 15 is 0 Å². The molecular weight excluding hydrogens is 508 g/mol. The van der Waals surface area contributed by atoms with E-state index < -0.39 is 0 Å². The molecule has 1 heterocycles. The second-order valence-electron chi connectivity index (χ2n) is 12.7. The zero-order valence-corrected chi connectivity index (χ0v) is 27.9. The monoisotopic (exact) mass is 568 g/mol. The standard InChI is InChI=1S/C40H60N2/c1-6-11-16-20-32-25-33(21-17-12-7-2)28-37(27-32)39-31-36(24-15-10-5)40(42(39)41)38-29-34(22-18-13-8-3)26-35(30-38)23-19-14-9-4/h25-31H,6-24H2,1-5H3. The molecule has 0 radical (unpaired) electrons. The van der Waals surface area contributed by atoms with Crippen LogP contribution >= 0.6 is 0 Å².